The van der Waals surface area contributed by atoms with E-state index in [4.69, 9.17) is 4.74 Å². The highest BCUT2D eigenvalue weighted by atomic mass is 16.6. The molecule has 0 unspecified atom stereocenters. The van der Waals surface area contributed by atoms with Crippen LogP contribution in [0.15, 0.2) is 78.9 Å². The van der Waals surface area contributed by atoms with Crippen LogP contribution in [0.25, 0.3) is 11.1 Å². The van der Waals surface area contributed by atoms with Gasteiger partial charge < -0.3 is 14.7 Å². The fourth-order valence-electron chi connectivity index (χ4n) is 5.03. The first-order valence-corrected chi connectivity index (χ1v) is 11.7. The lowest BCUT2D eigenvalue weighted by molar-refractivity contribution is -0.152. The summed E-state index contributed by atoms with van der Waals surface area (Å²) in [6.07, 6.45) is -0.345. The number of carboxylic acid groups (broad SMARTS) is 1. The van der Waals surface area contributed by atoms with Gasteiger partial charge in [-0.3, -0.25) is 9.69 Å². The van der Waals surface area contributed by atoms with Gasteiger partial charge in [-0.1, -0.05) is 78.9 Å². The Labute approximate surface area is 203 Å². The van der Waals surface area contributed by atoms with E-state index in [0.717, 1.165) is 27.8 Å². The third kappa shape index (κ3) is 4.49. The van der Waals surface area contributed by atoms with Gasteiger partial charge in [0.2, 0.25) is 5.91 Å². The number of rotatable bonds is 6. The van der Waals surface area contributed by atoms with Gasteiger partial charge in [-0.15, -0.1) is 0 Å². The predicted molar refractivity (Wildman–Crippen MR) is 130 cm³/mol. The highest BCUT2D eigenvalue weighted by molar-refractivity contribution is 5.88. The molecule has 178 valence electrons. The van der Waals surface area contributed by atoms with Crippen LogP contribution in [0.4, 0.5) is 4.79 Å². The Morgan fingerprint density at radius 3 is 2.09 bits per heavy atom. The first-order chi connectivity index (χ1) is 17.0. The number of ether oxygens (including phenoxy) is 1. The van der Waals surface area contributed by atoms with Gasteiger partial charge in [0, 0.05) is 25.4 Å². The summed E-state index contributed by atoms with van der Waals surface area (Å²) in [6, 6.07) is 24.4. The number of benzene rings is 3. The van der Waals surface area contributed by atoms with Crippen LogP contribution in [0.2, 0.25) is 0 Å². The Hall–Kier alpha value is -4.13. The molecule has 1 aliphatic carbocycles. The summed E-state index contributed by atoms with van der Waals surface area (Å²) < 4.78 is 5.67. The lowest BCUT2D eigenvalue weighted by Crippen LogP contribution is -2.57. The largest absolute Gasteiger partial charge is 0.480 e. The molecular formula is C28H26N2O5. The van der Waals surface area contributed by atoms with E-state index in [0.29, 0.717) is 0 Å². The summed E-state index contributed by atoms with van der Waals surface area (Å²) in [5.41, 5.74) is 5.36. The number of carboxylic acids is 1. The van der Waals surface area contributed by atoms with Crippen LogP contribution in [-0.4, -0.2) is 65.2 Å². The minimum absolute atomic E-state index is 0.0643. The van der Waals surface area contributed by atoms with Crippen LogP contribution in [0.5, 0.6) is 0 Å². The van der Waals surface area contributed by atoms with Gasteiger partial charge in [-0.05, 0) is 27.8 Å². The van der Waals surface area contributed by atoms with Crippen molar-refractivity contribution in [3.63, 3.8) is 0 Å². The summed E-state index contributed by atoms with van der Waals surface area (Å²) in [7, 11) is 0. The van der Waals surface area contributed by atoms with Gasteiger partial charge in [-0.2, -0.15) is 0 Å². The number of carbonyl (C=O) groups excluding carboxylic acids is 2. The van der Waals surface area contributed by atoms with E-state index < -0.39 is 24.0 Å². The Bertz CT molecular complexity index is 1210. The van der Waals surface area contributed by atoms with Crippen molar-refractivity contribution in [2.75, 3.05) is 26.2 Å². The predicted octanol–water partition coefficient (Wildman–Crippen LogP) is 3.78. The maximum Gasteiger partial charge on any atom is 0.410 e. The molecule has 0 radical (unpaired) electrons. The van der Waals surface area contributed by atoms with Crippen molar-refractivity contribution in [3.8, 4) is 11.1 Å². The SMILES string of the molecule is O=C(O)[C@H](Cc1ccccc1)N1CCN(C(=O)OCC2c3ccccc3-c3ccccc32)CC1=O. The fraction of sp³-hybridized carbons (Fsp3) is 0.250. The zero-order valence-corrected chi connectivity index (χ0v) is 19.2. The van der Waals surface area contributed by atoms with Crippen LogP contribution in [0, 0.1) is 0 Å². The first-order valence-electron chi connectivity index (χ1n) is 11.7. The maximum absolute atomic E-state index is 12.8. The van der Waals surface area contributed by atoms with Gasteiger partial charge in [0.25, 0.3) is 0 Å². The average Bonchev–Trinajstić information content (AvgIpc) is 3.20. The molecule has 1 aliphatic heterocycles. The molecule has 35 heavy (non-hydrogen) atoms. The standard InChI is InChI=1S/C28H26N2O5/c31-26-17-29(14-15-30(26)25(27(32)33)16-19-8-2-1-3-9-19)28(34)35-18-24-22-12-6-4-10-20(22)21-11-5-7-13-23(21)24/h1-13,24-25H,14-18H2,(H,32,33)/t25-/m0/s1. The van der Waals surface area contributed by atoms with Crippen LogP contribution in [-0.2, 0) is 20.7 Å². The summed E-state index contributed by atoms with van der Waals surface area (Å²) >= 11 is 0. The van der Waals surface area contributed by atoms with E-state index in [-0.39, 0.29) is 38.6 Å². The minimum Gasteiger partial charge on any atom is -0.480 e. The Morgan fingerprint density at radius 2 is 1.49 bits per heavy atom. The zero-order valence-electron chi connectivity index (χ0n) is 19.2. The van der Waals surface area contributed by atoms with Crippen LogP contribution in [0.1, 0.15) is 22.6 Å². The molecule has 5 rings (SSSR count). The van der Waals surface area contributed by atoms with Gasteiger partial charge in [0.1, 0.15) is 19.2 Å². The molecule has 0 saturated carbocycles. The first kappa shape index (κ1) is 22.7. The molecule has 3 aromatic rings. The third-order valence-electron chi connectivity index (χ3n) is 6.78. The van der Waals surface area contributed by atoms with Gasteiger partial charge >= 0.3 is 12.1 Å². The number of hydrogen-bond donors (Lipinski definition) is 1. The molecule has 7 heteroatoms. The number of amides is 2. The fourth-order valence-corrected chi connectivity index (χ4v) is 5.03. The summed E-state index contributed by atoms with van der Waals surface area (Å²) in [5.74, 6) is -1.52. The number of nitrogens with zero attached hydrogens (tertiary/aromatic N) is 2. The molecule has 0 spiro atoms. The molecule has 1 atom stereocenters. The third-order valence-corrected chi connectivity index (χ3v) is 6.78. The lowest BCUT2D eigenvalue weighted by Gasteiger charge is -2.37. The minimum atomic E-state index is -1.06. The van der Waals surface area contributed by atoms with Crippen molar-refractivity contribution in [1.82, 2.24) is 9.80 Å². The molecule has 1 N–H and O–H groups in total. The monoisotopic (exact) mass is 470 g/mol. The Morgan fingerprint density at radius 1 is 0.886 bits per heavy atom. The second-order valence-electron chi connectivity index (χ2n) is 8.86. The molecule has 0 aromatic heterocycles. The van der Waals surface area contributed by atoms with Crippen LogP contribution < -0.4 is 0 Å². The molecule has 3 aromatic carbocycles. The van der Waals surface area contributed by atoms with Crippen molar-refractivity contribution in [1.29, 1.82) is 0 Å². The molecule has 1 fully saturated rings. The highest BCUT2D eigenvalue weighted by Crippen LogP contribution is 2.44. The van der Waals surface area contributed by atoms with Crippen molar-refractivity contribution >= 4 is 18.0 Å². The normalized spacial score (nSPS) is 15.9. The van der Waals surface area contributed by atoms with E-state index in [1.807, 2.05) is 54.6 Å². The molecule has 1 heterocycles. The molecule has 2 amide bonds. The quantitative estimate of drug-likeness (QED) is 0.593. The van der Waals surface area contributed by atoms with Crippen LogP contribution in [0.3, 0.4) is 0 Å². The number of carbonyl (C=O) groups is 3. The number of aliphatic carboxylic acids is 1. The van der Waals surface area contributed by atoms with E-state index in [1.165, 1.54) is 9.80 Å². The summed E-state index contributed by atoms with van der Waals surface area (Å²) in [5, 5.41) is 9.75. The molecule has 1 saturated heterocycles. The van der Waals surface area contributed by atoms with Crippen LogP contribution >= 0.6 is 0 Å². The molecule has 0 bridgehead atoms. The second kappa shape index (κ2) is 9.62. The van der Waals surface area contributed by atoms with Crippen molar-refractivity contribution in [3.05, 3.63) is 95.6 Å². The maximum atomic E-state index is 12.8. The van der Waals surface area contributed by atoms with Gasteiger partial charge in [-0.25, -0.2) is 9.59 Å². The van der Waals surface area contributed by atoms with Gasteiger partial charge in [0.15, 0.2) is 0 Å². The second-order valence-corrected chi connectivity index (χ2v) is 8.86. The van der Waals surface area contributed by atoms with Crippen molar-refractivity contribution < 1.29 is 24.2 Å². The summed E-state index contributed by atoms with van der Waals surface area (Å²) in [4.78, 5) is 40.3. The van der Waals surface area contributed by atoms with E-state index in [1.54, 1.807) is 0 Å². The van der Waals surface area contributed by atoms with Crippen molar-refractivity contribution in [2.45, 2.75) is 18.4 Å². The Balaban J connectivity index is 1.22. The number of hydrogen-bond acceptors (Lipinski definition) is 4. The summed E-state index contributed by atoms with van der Waals surface area (Å²) in [6.45, 7) is 0.343. The Kier molecular flexibility index (Phi) is 6.23. The number of piperazine rings is 1. The molecular weight excluding hydrogens is 444 g/mol. The topological polar surface area (TPSA) is 87.2 Å². The zero-order chi connectivity index (χ0) is 24.4. The smallest absolute Gasteiger partial charge is 0.410 e. The van der Waals surface area contributed by atoms with Crippen molar-refractivity contribution in [2.24, 2.45) is 0 Å². The molecule has 2 aliphatic rings. The molecule has 7 nitrogen and oxygen atoms in total. The van der Waals surface area contributed by atoms with E-state index in [9.17, 15) is 19.5 Å². The van der Waals surface area contributed by atoms with Gasteiger partial charge in [0.05, 0.1) is 0 Å². The highest BCUT2D eigenvalue weighted by Gasteiger charge is 2.36. The lowest BCUT2D eigenvalue weighted by atomic mass is 9.98. The van der Waals surface area contributed by atoms with E-state index >= 15 is 0 Å². The van der Waals surface area contributed by atoms with E-state index in [2.05, 4.69) is 24.3 Å². The average molecular weight is 471 g/mol. The number of fused-ring (bicyclic) bond motifs is 3.